The predicted molar refractivity (Wildman–Crippen MR) is 110 cm³/mol. The van der Waals surface area contributed by atoms with E-state index in [4.69, 9.17) is 4.74 Å². The summed E-state index contributed by atoms with van der Waals surface area (Å²) >= 11 is -2.47. The summed E-state index contributed by atoms with van der Waals surface area (Å²) in [5.74, 6) is -1.23. The van der Waals surface area contributed by atoms with Gasteiger partial charge in [0.15, 0.2) is 0 Å². The maximum absolute atomic E-state index is 12.7. The molecule has 0 heterocycles. The number of hydrogen-bond donors (Lipinski definition) is 3. The molecule has 1 amide bonds. The maximum Gasteiger partial charge on any atom is 0.326 e. The van der Waals surface area contributed by atoms with Crippen molar-refractivity contribution >= 4 is 28.8 Å². The monoisotopic (exact) mass is 420 g/mol. The number of carbonyl (C=O) groups is 2. The number of amides is 1. The lowest BCUT2D eigenvalue weighted by Gasteiger charge is -2.28. The SMILES string of the molecule is COc1ccc(C[C@H](NC(=O)[C@H](C)N(c2ccccc2C)S(=O)O)C(=O)O)cc1. The van der Waals surface area contributed by atoms with Gasteiger partial charge in [0.1, 0.15) is 17.8 Å². The molecule has 0 aliphatic heterocycles. The van der Waals surface area contributed by atoms with Crippen LogP contribution >= 0.6 is 0 Å². The van der Waals surface area contributed by atoms with Gasteiger partial charge < -0.3 is 15.2 Å². The Kier molecular flexibility index (Phi) is 7.74. The number of benzene rings is 2. The minimum absolute atomic E-state index is 0.0599. The van der Waals surface area contributed by atoms with Crippen LogP contribution in [0.2, 0.25) is 0 Å². The minimum atomic E-state index is -2.47. The molecule has 9 heteroatoms. The van der Waals surface area contributed by atoms with Gasteiger partial charge in [0.2, 0.25) is 5.91 Å². The number of nitrogens with zero attached hydrogens (tertiary/aromatic N) is 1. The van der Waals surface area contributed by atoms with Crippen molar-refractivity contribution in [3.63, 3.8) is 0 Å². The fraction of sp³-hybridized carbons (Fsp3) is 0.300. The first-order valence-electron chi connectivity index (χ1n) is 8.86. The third kappa shape index (κ3) is 5.78. The van der Waals surface area contributed by atoms with E-state index in [-0.39, 0.29) is 6.42 Å². The average Bonchev–Trinajstić information content (AvgIpc) is 2.69. The molecule has 0 saturated carbocycles. The quantitative estimate of drug-likeness (QED) is 0.535. The van der Waals surface area contributed by atoms with Crippen LogP contribution < -0.4 is 14.4 Å². The highest BCUT2D eigenvalue weighted by Gasteiger charge is 2.30. The van der Waals surface area contributed by atoms with Crippen LogP contribution in [0, 0.1) is 6.92 Å². The molecule has 0 aromatic heterocycles. The van der Waals surface area contributed by atoms with E-state index < -0.39 is 35.2 Å². The molecule has 1 unspecified atom stereocenters. The van der Waals surface area contributed by atoms with Crippen LogP contribution in [0.25, 0.3) is 0 Å². The highest BCUT2D eigenvalue weighted by molar-refractivity contribution is 7.80. The molecule has 0 radical (unpaired) electrons. The average molecular weight is 420 g/mol. The van der Waals surface area contributed by atoms with Gasteiger partial charge in [-0.3, -0.25) is 13.7 Å². The fourth-order valence-corrected chi connectivity index (χ4v) is 3.57. The summed E-state index contributed by atoms with van der Waals surface area (Å²) in [5.41, 5.74) is 1.83. The molecule has 3 N–H and O–H groups in total. The number of aryl methyl sites for hydroxylation is 1. The minimum Gasteiger partial charge on any atom is -0.497 e. The molecule has 2 rings (SSSR count). The molecule has 8 nitrogen and oxygen atoms in total. The van der Waals surface area contributed by atoms with Crippen LogP contribution in [-0.2, 0) is 27.3 Å². The van der Waals surface area contributed by atoms with Gasteiger partial charge in [0, 0.05) is 6.42 Å². The van der Waals surface area contributed by atoms with E-state index >= 15 is 0 Å². The number of carboxylic acid groups (broad SMARTS) is 1. The first kappa shape index (κ1) is 22.4. The number of para-hydroxylation sites is 1. The van der Waals surface area contributed by atoms with Crippen molar-refractivity contribution in [2.75, 3.05) is 11.4 Å². The normalized spacial score (nSPS) is 13.8. The van der Waals surface area contributed by atoms with Crippen LogP contribution in [0.1, 0.15) is 18.1 Å². The van der Waals surface area contributed by atoms with Crippen LogP contribution in [0.4, 0.5) is 5.69 Å². The zero-order valence-electron chi connectivity index (χ0n) is 16.4. The number of ether oxygens (including phenoxy) is 1. The van der Waals surface area contributed by atoms with Gasteiger partial charge >= 0.3 is 5.97 Å². The number of methoxy groups -OCH3 is 1. The van der Waals surface area contributed by atoms with E-state index in [1.807, 2.05) is 0 Å². The Labute approximate surface area is 171 Å². The maximum atomic E-state index is 12.7. The first-order chi connectivity index (χ1) is 13.7. The van der Waals surface area contributed by atoms with Crippen molar-refractivity contribution in [3.8, 4) is 5.75 Å². The second-order valence-corrected chi connectivity index (χ2v) is 7.33. The Morgan fingerprint density at radius 2 is 1.79 bits per heavy atom. The molecule has 0 bridgehead atoms. The fourth-order valence-electron chi connectivity index (χ4n) is 2.83. The van der Waals surface area contributed by atoms with E-state index in [1.54, 1.807) is 55.5 Å². The summed E-state index contributed by atoms with van der Waals surface area (Å²) in [6.45, 7) is 3.20. The molecule has 156 valence electrons. The molecule has 3 atom stereocenters. The Hall–Kier alpha value is -2.91. The zero-order valence-corrected chi connectivity index (χ0v) is 17.2. The van der Waals surface area contributed by atoms with Crippen molar-refractivity contribution in [2.45, 2.75) is 32.4 Å². The lowest BCUT2D eigenvalue weighted by molar-refractivity contribution is -0.141. The van der Waals surface area contributed by atoms with Crippen molar-refractivity contribution in [2.24, 2.45) is 0 Å². The highest BCUT2D eigenvalue weighted by atomic mass is 32.2. The van der Waals surface area contributed by atoms with E-state index in [0.717, 1.165) is 4.31 Å². The number of rotatable bonds is 9. The van der Waals surface area contributed by atoms with E-state index in [2.05, 4.69) is 5.32 Å². The van der Waals surface area contributed by atoms with Crippen LogP contribution in [0.15, 0.2) is 48.5 Å². The molecule has 0 aliphatic carbocycles. The van der Waals surface area contributed by atoms with Gasteiger partial charge in [-0.2, -0.15) is 0 Å². The Morgan fingerprint density at radius 3 is 2.31 bits per heavy atom. The molecule has 29 heavy (non-hydrogen) atoms. The number of hydrogen-bond acceptors (Lipinski definition) is 4. The molecule has 2 aromatic carbocycles. The molecule has 0 spiro atoms. The predicted octanol–water partition coefficient (Wildman–Crippen LogP) is 2.15. The molecule has 2 aromatic rings. The van der Waals surface area contributed by atoms with E-state index in [1.165, 1.54) is 14.0 Å². The first-order valence-corrected chi connectivity index (χ1v) is 9.93. The summed E-state index contributed by atoms with van der Waals surface area (Å²) < 4.78 is 27.7. The van der Waals surface area contributed by atoms with Crippen LogP contribution in [0.5, 0.6) is 5.75 Å². The van der Waals surface area contributed by atoms with Crippen molar-refractivity contribution in [3.05, 3.63) is 59.7 Å². The third-order valence-electron chi connectivity index (χ3n) is 4.47. The van der Waals surface area contributed by atoms with Gasteiger partial charge in [-0.15, -0.1) is 0 Å². The van der Waals surface area contributed by atoms with Crippen LogP contribution in [-0.4, -0.2) is 44.9 Å². The largest absolute Gasteiger partial charge is 0.497 e. The van der Waals surface area contributed by atoms with Crippen molar-refractivity contribution in [1.29, 1.82) is 0 Å². The van der Waals surface area contributed by atoms with Crippen LogP contribution in [0.3, 0.4) is 0 Å². The van der Waals surface area contributed by atoms with E-state index in [9.17, 15) is 23.5 Å². The Morgan fingerprint density at radius 1 is 1.17 bits per heavy atom. The number of carbonyl (C=O) groups excluding carboxylic acids is 1. The van der Waals surface area contributed by atoms with E-state index in [0.29, 0.717) is 22.6 Å². The molecular formula is C20H24N2O6S. The Bertz CT molecular complexity index is 887. The lowest BCUT2D eigenvalue weighted by Crippen LogP contribution is -2.51. The van der Waals surface area contributed by atoms with Gasteiger partial charge in [-0.05, 0) is 43.2 Å². The van der Waals surface area contributed by atoms with Crippen molar-refractivity contribution in [1.82, 2.24) is 5.32 Å². The number of anilines is 1. The molecule has 0 saturated heterocycles. The molecular weight excluding hydrogens is 396 g/mol. The zero-order chi connectivity index (χ0) is 21.6. The summed E-state index contributed by atoms with van der Waals surface area (Å²) in [7, 11) is 1.53. The van der Waals surface area contributed by atoms with Gasteiger partial charge in [-0.1, -0.05) is 30.3 Å². The number of aliphatic carboxylic acids is 1. The highest BCUT2D eigenvalue weighted by Crippen LogP contribution is 2.23. The number of nitrogens with one attached hydrogen (secondary N) is 1. The summed E-state index contributed by atoms with van der Waals surface area (Å²) in [4.78, 5) is 24.3. The van der Waals surface area contributed by atoms with Crippen molar-refractivity contribution < 1.29 is 28.2 Å². The second kappa shape index (κ2) is 10.0. The standard InChI is InChI=1S/C20H24N2O6S/c1-13-6-4-5-7-18(13)22(29(26)27)14(2)19(23)21-17(20(24)25)12-15-8-10-16(28-3)11-9-15/h4-11,14,17H,12H2,1-3H3,(H,21,23)(H,24,25)(H,26,27)/t14-,17-/m0/s1. The molecule has 0 fully saturated rings. The topological polar surface area (TPSA) is 116 Å². The van der Waals surface area contributed by atoms with Gasteiger partial charge in [-0.25, -0.2) is 9.00 Å². The summed E-state index contributed by atoms with van der Waals surface area (Å²) in [6.07, 6.45) is 0.0599. The van der Waals surface area contributed by atoms with Gasteiger partial charge in [0.25, 0.3) is 11.3 Å². The Balaban J connectivity index is 2.17. The number of carboxylic acids is 1. The third-order valence-corrected chi connectivity index (χ3v) is 5.32. The summed E-state index contributed by atoms with van der Waals surface area (Å²) in [6, 6.07) is 11.4. The van der Waals surface area contributed by atoms with Gasteiger partial charge in [0.05, 0.1) is 12.8 Å². The second-order valence-electron chi connectivity index (χ2n) is 6.47. The molecule has 0 aliphatic rings. The smallest absolute Gasteiger partial charge is 0.326 e. The summed E-state index contributed by atoms with van der Waals surface area (Å²) in [5, 5.41) is 12.0. The lowest BCUT2D eigenvalue weighted by atomic mass is 10.1.